The van der Waals surface area contributed by atoms with Gasteiger partial charge in [-0.15, -0.1) is 10.2 Å². The van der Waals surface area contributed by atoms with Gasteiger partial charge in [0.05, 0.1) is 11.5 Å². The molecule has 1 saturated carbocycles. The van der Waals surface area contributed by atoms with Gasteiger partial charge in [-0.2, -0.15) is 5.26 Å². The molecular formula is C15H17N5. The summed E-state index contributed by atoms with van der Waals surface area (Å²) in [5.74, 6) is 1.38. The van der Waals surface area contributed by atoms with Crippen molar-refractivity contribution in [2.75, 3.05) is 5.73 Å². The lowest BCUT2D eigenvalue weighted by atomic mass is 9.57. The maximum Gasteiger partial charge on any atom is 0.143 e. The molecule has 0 spiro atoms. The molecule has 5 heteroatoms. The van der Waals surface area contributed by atoms with Crippen molar-refractivity contribution in [2.24, 2.45) is 13.0 Å². The van der Waals surface area contributed by atoms with Crippen LogP contribution in [0.25, 0.3) is 0 Å². The van der Waals surface area contributed by atoms with E-state index in [1.54, 1.807) is 6.33 Å². The van der Waals surface area contributed by atoms with Gasteiger partial charge in [0, 0.05) is 19.2 Å². The van der Waals surface area contributed by atoms with E-state index in [-0.39, 0.29) is 5.41 Å². The van der Waals surface area contributed by atoms with Crippen molar-refractivity contribution in [3.8, 4) is 6.07 Å². The highest BCUT2D eigenvalue weighted by Gasteiger charge is 2.49. The predicted octanol–water partition coefficient (Wildman–Crippen LogP) is 2.01. The van der Waals surface area contributed by atoms with Crippen molar-refractivity contribution in [3.05, 3.63) is 42.0 Å². The normalized spacial score (nSPS) is 24.9. The number of anilines is 1. The van der Waals surface area contributed by atoms with Crippen LogP contribution in [0.4, 0.5) is 5.69 Å². The van der Waals surface area contributed by atoms with Gasteiger partial charge in [0.1, 0.15) is 12.2 Å². The van der Waals surface area contributed by atoms with Crippen LogP contribution in [0.3, 0.4) is 0 Å². The maximum atomic E-state index is 8.87. The molecule has 2 N–H and O–H groups in total. The van der Waals surface area contributed by atoms with Gasteiger partial charge in [0.2, 0.25) is 0 Å². The summed E-state index contributed by atoms with van der Waals surface area (Å²) in [4.78, 5) is 0. The van der Waals surface area contributed by atoms with Crippen LogP contribution in [0, 0.1) is 17.2 Å². The number of aryl methyl sites for hydroxylation is 1. The van der Waals surface area contributed by atoms with E-state index in [2.05, 4.69) is 22.3 Å². The molecule has 0 amide bonds. The summed E-state index contributed by atoms with van der Waals surface area (Å²) in [5.41, 5.74) is 7.70. The Bertz CT molecular complexity index is 661. The molecule has 1 heterocycles. The molecule has 0 atom stereocenters. The molecule has 2 aromatic rings. The van der Waals surface area contributed by atoms with E-state index in [4.69, 9.17) is 11.0 Å². The minimum atomic E-state index is -0.151. The van der Waals surface area contributed by atoms with E-state index < -0.39 is 0 Å². The van der Waals surface area contributed by atoms with E-state index in [0.717, 1.165) is 24.4 Å². The third-order valence-electron chi connectivity index (χ3n) is 4.23. The number of hydrogen-bond donors (Lipinski definition) is 1. The van der Waals surface area contributed by atoms with Crippen molar-refractivity contribution in [1.82, 2.24) is 14.8 Å². The van der Waals surface area contributed by atoms with Crippen LogP contribution in [0.15, 0.2) is 30.6 Å². The zero-order valence-corrected chi connectivity index (χ0v) is 11.5. The van der Waals surface area contributed by atoms with Gasteiger partial charge in [-0.3, -0.25) is 0 Å². The second kappa shape index (κ2) is 4.64. The van der Waals surface area contributed by atoms with Crippen LogP contribution < -0.4 is 5.73 Å². The van der Waals surface area contributed by atoms with Crippen molar-refractivity contribution < 1.29 is 0 Å². The minimum absolute atomic E-state index is 0.151. The molecule has 20 heavy (non-hydrogen) atoms. The molecule has 1 aromatic carbocycles. The van der Waals surface area contributed by atoms with Gasteiger partial charge < -0.3 is 10.3 Å². The summed E-state index contributed by atoms with van der Waals surface area (Å²) < 4.78 is 1.96. The summed E-state index contributed by atoms with van der Waals surface area (Å²) in [6.07, 6.45) is 4.18. The smallest absolute Gasteiger partial charge is 0.143 e. The summed E-state index contributed by atoms with van der Waals surface area (Å²) in [6.45, 7) is 0. The Morgan fingerprint density at radius 1 is 1.50 bits per heavy atom. The Labute approximate surface area is 118 Å². The standard InChI is InChI=1S/C15H17N5/c1-20-10-18-19-14(20)15(8-11(9-15)5-6-16)12-3-2-4-13(17)7-12/h2-4,7,10-11H,5,8-9,17H2,1H3. The molecule has 1 aliphatic rings. The fourth-order valence-electron chi connectivity index (χ4n) is 3.30. The number of benzene rings is 1. The van der Waals surface area contributed by atoms with Crippen LogP contribution in [-0.2, 0) is 12.5 Å². The topological polar surface area (TPSA) is 80.5 Å². The molecular weight excluding hydrogens is 250 g/mol. The molecule has 0 radical (unpaired) electrons. The second-order valence-corrected chi connectivity index (χ2v) is 5.61. The van der Waals surface area contributed by atoms with Crippen molar-refractivity contribution in [3.63, 3.8) is 0 Å². The minimum Gasteiger partial charge on any atom is -0.399 e. The molecule has 1 aromatic heterocycles. The zero-order valence-electron chi connectivity index (χ0n) is 11.5. The highest BCUT2D eigenvalue weighted by Crippen LogP contribution is 2.52. The van der Waals surface area contributed by atoms with Crippen molar-refractivity contribution in [2.45, 2.75) is 24.7 Å². The first-order valence-corrected chi connectivity index (χ1v) is 6.73. The molecule has 1 aliphatic carbocycles. The van der Waals surface area contributed by atoms with Crippen molar-refractivity contribution in [1.29, 1.82) is 5.26 Å². The fraction of sp³-hybridized carbons (Fsp3) is 0.400. The average Bonchev–Trinajstić information content (AvgIpc) is 2.80. The Morgan fingerprint density at radius 2 is 2.30 bits per heavy atom. The van der Waals surface area contributed by atoms with Crippen LogP contribution in [0.5, 0.6) is 0 Å². The molecule has 5 nitrogen and oxygen atoms in total. The summed E-state index contributed by atoms with van der Waals surface area (Å²) in [6, 6.07) is 10.2. The van der Waals surface area contributed by atoms with Gasteiger partial charge in [0.25, 0.3) is 0 Å². The monoisotopic (exact) mass is 267 g/mol. The second-order valence-electron chi connectivity index (χ2n) is 5.61. The van der Waals surface area contributed by atoms with Gasteiger partial charge >= 0.3 is 0 Å². The van der Waals surface area contributed by atoms with E-state index >= 15 is 0 Å². The molecule has 1 fully saturated rings. The van der Waals surface area contributed by atoms with E-state index in [9.17, 15) is 0 Å². The first-order chi connectivity index (χ1) is 9.65. The lowest BCUT2D eigenvalue weighted by molar-refractivity contribution is 0.172. The molecule has 102 valence electrons. The van der Waals surface area contributed by atoms with Crippen molar-refractivity contribution >= 4 is 5.69 Å². The zero-order chi connectivity index (χ0) is 14.2. The molecule has 3 rings (SSSR count). The third-order valence-corrected chi connectivity index (χ3v) is 4.23. The highest BCUT2D eigenvalue weighted by atomic mass is 15.3. The highest BCUT2D eigenvalue weighted by molar-refractivity contribution is 5.47. The van der Waals surface area contributed by atoms with E-state index in [1.165, 1.54) is 5.56 Å². The Hall–Kier alpha value is -2.35. The van der Waals surface area contributed by atoms with Crippen LogP contribution in [-0.4, -0.2) is 14.8 Å². The first kappa shape index (κ1) is 12.7. The van der Waals surface area contributed by atoms with E-state index in [1.807, 2.05) is 29.8 Å². The van der Waals surface area contributed by atoms with Crippen LogP contribution in [0.2, 0.25) is 0 Å². The number of nitrogens with zero attached hydrogens (tertiary/aromatic N) is 4. The fourth-order valence-corrected chi connectivity index (χ4v) is 3.30. The number of aromatic nitrogens is 3. The summed E-state index contributed by atoms with van der Waals surface area (Å²) >= 11 is 0. The first-order valence-electron chi connectivity index (χ1n) is 6.73. The number of hydrogen-bond acceptors (Lipinski definition) is 4. The molecule has 0 aliphatic heterocycles. The number of nitrogen functional groups attached to an aromatic ring is 1. The average molecular weight is 267 g/mol. The Morgan fingerprint density at radius 3 is 2.90 bits per heavy atom. The molecule has 0 saturated heterocycles. The SMILES string of the molecule is Cn1cnnc1C1(c2cccc(N)c2)CC(CC#N)C1. The summed E-state index contributed by atoms with van der Waals surface area (Å²) in [7, 11) is 1.96. The van der Waals surface area contributed by atoms with Gasteiger partial charge in [-0.25, -0.2) is 0 Å². The molecule has 0 unspecified atom stereocenters. The number of nitriles is 1. The lowest BCUT2D eigenvalue weighted by Gasteiger charge is -2.46. The maximum absolute atomic E-state index is 8.87. The van der Waals surface area contributed by atoms with Gasteiger partial charge in [-0.1, -0.05) is 12.1 Å². The quantitative estimate of drug-likeness (QED) is 0.862. The van der Waals surface area contributed by atoms with Crippen LogP contribution >= 0.6 is 0 Å². The van der Waals surface area contributed by atoms with Gasteiger partial charge in [-0.05, 0) is 36.5 Å². The number of nitrogens with two attached hydrogens (primary N) is 1. The third kappa shape index (κ3) is 1.85. The van der Waals surface area contributed by atoms with E-state index in [0.29, 0.717) is 12.3 Å². The molecule has 0 bridgehead atoms. The summed E-state index contributed by atoms with van der Waals surface area (Å²) in [5, 5.41) is 17.2. The predicted molar refractivity (Wildman–Crippen MR) is 75.6 cm³/mol. The van der Waals surface area contributed by atoms with Gasteiger partial charge in [0.15, 0.2) is 0 Å². The largest absolute Gasteiger partial charge is 0.399 e. The Balaban J connectivity index is 2.03. The number of rotatable bonds is 3. The lowest BCUT2D eigenvalue weighted by Crippen LogP contribution is -2.44. The van der Waals surface area contributed by atoms with Crippen LogP contribution in [0.1, 0.15) is 30.7 Å². The Kier molecular flexibility index (Phi) is 2.94.